The van der Waals surface area contributed by atoms with Gasteiger partial charge in [0.1, 0.15) is 0 Å². The van der Waals surface area contributed by atoms with Crippen molar-refractivity contribution in [1.29, 1.82) is 0 Å². The molecule has 6 nitrogen and oxygen atoms in total. The summed E-state index contributed by atoms with van der Waals surface area (Å²) in [6.07, 6.45) is 2.52. The second-order valence-corrected chi connectivity index (χ2v) is 7.08. The van der Waals surface area contributed by atoms with E-state index in [-0.39, 0.29) is 16.9 Å². The number of methoxy groups -OCH3 is 2. The van der Waals surface area contributed by atoms with Crippen LogP contribution in [0, 0.1) is 5.41 Å². The summed E-state index contributed by atoms with van der Waals surface area (Å²) in [5.74, 6) is 0.854. The molecule has 1 aliphatic carbocycles. The Kier molecular flexibility index (Phi) is 4.75. The zero-order valence-electron chi connectivity index (χ0n) is 12.3. The van der Waals surface area contributed by atoms with Gasteiger partial charge in [0, 0.05) is 19.2 Å². The van der Waals surface area contributed by atoms with Crippen LogP contribution in [0.1, 0.15) is 19.3 Å². The average molecular weight is 315 g/mol. The Morgan fingerprint density at radius 1 is 1.24 bits per heavy atom. The largest absolute Gasteiger partial charge is 0.493 e. The van der Waals surface area contributed by atoms with Crippen molar-refractivity contribution in [1.82, 2.24) is 4.72 Å². The zero-order valence-corrected chi connectivity index (χ0v) is 13.1. The molecule has 1 aliphatic rings. The van der Waals surface area contributed by atoms with E-state index in [0.29, 0.717) is 24.5 Å². The van der Waals surface area contributed by atoms with Gasteiger partial charge in [-0.1, -0.05) is 0 Å². The van der Waals surface area contributed by atoms with Gasteiger partial charge in [0.15, 0.2) is 11.5 Å². The molecule has 0 radical (unpaired) electrons. The smallest absolute Gasteiger partial charge is 0.240 e. The van der Waals surface area contributed by atoms with Crippen molar-refractivity contribution < 1.29 is 23.0 Å². The SMILES string of the molecule is COc1ccc(S(=O)(=O)NCC2(CCO)CC2)cc1OC. The molecule has 7 heteroatoms. The van der Waals surface area contributed by atoms with Crippen molar-refractivity contribution in [3.63, 3.8) is 0 Å². The van der Waals surface area contributed by atoms with E-state index in [1.54, 1.807) is 6.07 Å². The first kappa shape index (κ1) is 16.1. The molecule has 2 N–H and O–H groups in total. The second-order valence-electron chi connectivity index (χ2n) is 5.31. The van der Waals surface area contributed by atoms with Gasteiger partial charge in [0.2, 0.25) is 10.0 Å². The minimum Gasteiger partial charge on any atom is -0.493 e. The Morgan fingerprint density at radius 3 is 2.43 bits per heavy atom. The summed E-state index contributed by atoms with van der Waals surface area (Å²) in [6.45, 7) is 0.433. The predicted octanol–water partition coefficient (Wildman–Crippen LogP) is 1.14. The molecule has 2 rings (SSSR count). The first-order chi connectivity index (χ1) is 9.96. The maximum atomic E-state index is 12.3. The van der Waals surface area contributed by atoms with Gasteiger partial charge in [-0.25, -0.2) is 13.1 Å². The van der Waals surface area contributed by atoms with Gasteiger partial charge < -0.3 is 14.6 Å². The normalized spacial score (nSPS) is 16.5. The molecule has 0 saturated heterocycles. The lowest BCUT2D eigenvalue weighted by atomic mass is 10.0. The number of aliphatic hydroxyl groups excluding tert-OH is 1. The van der Waals surface area contributed by atoms with Crippen LogP contribution in [0.2, 0.25) is 0 Å². The third-order valence-electron chi connectivity index (χ3n) is 3.90. The van der Waals surface area contributed by atoms with Crippen LogP contribution in [0.25, 0.3) is 0 Å². The number of ether oxygens (including phenoxy) is 2. The highest BCUT2D eigenvalue weighted by atomic mass is 32.2. The number of nitrogens with one attached hydrogen (secondary N) is 1. The third kappa shape index (κ3) is 3.66. The molecule has 1 aromatic rings. The van der Waals surface area contributed by atoms with Crippen LogP contribution in [0.5, 0.6) is 11.5 Å². The van der Waals surface area contributed by atoms with E-state index in [1.165, 1.54) is 26.4 Å². The van der Waals surface area contributed by atoms with Gasteiger partial charge in [0.05, 0.1) is 19.1 Å². The van der Waals surface area contributed by atoms with Gasteiger partial charge in [0.25, 0.3) is 0 Å². The molecular weight excluding hydrogens is 294 g/mol. The van der Waals surface area contributed by atoms with Crippen molar-refractivity contribution in [2.45, 2.75) is 24.2 Å². The first-order valence-electron chi connectivity index (χ1n) is 6.79. The molecule has 21 heavy (non-hydrogen) atoms. The van der Waals surface area contributed by atoms with Gasteiger partial charge >= 0.3 is 0 Å². The molecule has 1 fully saturated rings. The quantitative estimate of drug-likeness (QED) is 0.751. The lowest BCUT2D eigenvalue weighted by Gasteiger charge is -2.15. The lowest BCUT2D eigenvalue weighted by Crippen LogP contribution is -2.30. The first-order valence-corrected chi connectivity index (χ1v) is 8.27. The van der Waals surface area contributed by atoms with Crippen LogP contribution >= 0.6 is 0 Å². The Balaban J connectivity index is 2.12. The van der Waals surface area contributed by atoms with Crippen LogP contribution in [0.3, 0.4) is 0 Å². The number of hydrogen-bond donors (Lipinski definition) is 2. The average Bonchev–Trinajstić information content (AvgIpc) is 3.25. The molecule has 0 aliphatic heterocycles. The van der Waals surface area contributed by atoms with E-state index in [0.717, 1.165) is 12.8 Å². The fourth-order valence-electron chi connectivity index (χ4n) is 2.24. The molecule has 0 aromatic heterocycles. The summed E-state index contributed by atoms with van der Waals surface area (Å²) in [6, 6.07) is 4.48. The molecule has 1 saturated carbocycles. The standard InChI is InChI=1S/C14H21NO5S/c1-19-12-4-3-11(9-13(12)20-2)21(17,18)15-10-14(5-6-14)7-8-16/h3-4,9,15-16H,5-8,10H2,1-2H3. The van der Waals surface area contributed by atoms with E-state index in [1.807, 2.05) is 0 Å². The summed E-state index contributed by atoms with van der Waals surface area (Å²) < 4.78 is 37.4. The van der Waals surface area contributed by atoms with E-state index in [2.05, 4.69) is 4.72 Å². The van der Waals surface area contributed by atoms with Crippen molar-refractivity contribution in [3.05, 3.63) is 18.2 Å². The number of rotatable bonds is 8. The van der Waals surface area contributed by atoms with Crippen LogP contribution in [0.4, 0.5) is 0 Å². The van der Waals surface area contributed by atoms with E-state index in [9.17, 15) is 8.42 Å². The molecule has 0 unspecified atom stereocenters. The monoisotopic (exact) mass is 315 g/mol. The Bertz CT molecular complexity index is 595. The van der Waals surface area contributed by atoms with E-state index < -0.39 is 10.0 Å². The predicted molar refractivity (Wildman–Crippen MR) is 78.1 cm³/mol. The van der Waals surface area contributed by atoms with Crippen LogP contribution in [-0.2, 0) is 10.0 Å². The van der Waals surface area contributed by atoms with Crippen LogP contribution in [0.15, 0.2) is 23.1 Å². The van der Waals surface area contributed by atoms with Crippen molar-refractivity contribution in [3.8, 4) is 11.5 Å². The zero-order chi connectivity index (χ0) is 15.5. The Hall–Kier alpha value is -1.31. The molecule has 0 spiro atoms. The maximum Gasteiger partial charge on any atom is 0.240 e. The van der Waals surface area contributed by atoms with Gasteiger partial charge in [-0.3, -0.25) is 0 Å². The molecular formula is C14H21NO5S. The summed E-state index contributed by atoms with van der Waals surface area (Å²) >= 11 is 0. The summed E-state index contributed by atoms with van der Waals surface area (Å²) in [4.78, 5) is 0.139. The van der Waals surface area contributed by atoms with E-state index in [4.69, 9.17) is 14.6 Å². The van der Waals surface area contributed by atoms with E-state index >= 15 is 0 Å². The second kappa shape index (κ2) is 6.21. The minimum atomic E-state index is -3.60. The minimum absolute atomic E-state index is 0.0711. The van der Waals surface area contributed by atoms with Crippen LogP contribution in [-0.4, -0.2) is 40.9 Å². The molecule has 0 amide bonds. The molecule has 0 atom stereocenters. The van der Waals surface area contributed by atoms with Crippen LogP contribution < -0.4 is 14.2 Å². The van der Waals surface area contributed by atoms with Gasteiger partial charge in [-0.15, -0.1) is 0 Å². The highest BCUT2D eigenvalue weighted by molar-refractivity contribution is 7.89. The molecule has 1 aromatic carbocycles. The third-order valence-corrected chi connectivity index (χ3v) is 5.30. The fraction of sp³-hybridized carbons (Fsp3) is 0.571. The van der Waals surface area contributed by atoms with Gasteiger partial charge in [-0.05, 0) is 36.8 Å². The highest BCUT2D eigenvalue weighted by Gasteiger charge is 2.42. The van der Waals surface area contributed by atoms with Crippen molar-refractivity contribution in [2.75, 3.05) is 27.4 Å². The highest BCUT2D eigenvalue weighted by Crippen LogP contribution is 2.48. The number of benzene rings is 1. The summed E-state index contributed by atoms with van der Waals surface area (Å²) in [7, 11) is -0.640. The lowest BCUT2D eigenvalue weighted by molar-refractivity contribution is 0.249. The maximum absolute atomic E-state index is 12.3. The number of sulfonamides is 1. The topological polar surface area (TPSA) is 84.9 Å². The number of hydrogen-bond acceptors (Lipinski definition) is 5. The van der Waals surface area contributed by atoms with Gasteiger partial charge in [-0.2, -0.15) is 0 Å². The summed E-state index contributed by atoms with van der Waals surface area (Å²) in [5.41, 5.74) is -0.0711. The fourth-order valence-corrected chi connectivity index (χ4v) is 3.42. The summed E-state index contributed by atoms with van der Waals surface area (Å²) in [5, 5.41) is 9.01. The number of aliphatic hydroxyl groups is 1. The van der Waals surface area contributed by atoms with Crippen molar-refractivity contribution in [2.24, 2.45) is 5.41 Å². The Labute approximate surface area is 125 Å². The van der Waals surface area contributed by atoms with Crippen molar-refractivity contribution >= 4 is 10.0 Å². The molecule has 0 bridgehead atoms. The molecule has 0 heterocycles. The molecule has 118 valence electrons. The Morgan fingerprint density at radius 2 is 1.90 bits per heavy atom.